The van der Waals surface area contributed by atoms with Crippen LogP contribution in [0.25, 0.3) is 0 Å². The smallest absolute Gasteiger partial charge is 0.220 e. The lowest BCUT2D eigenvalue weighted by Gasteiger charge is -2.40. The molecular formula is C38H75NO8. The highest BCUT2D eigenvalue weighted by atomic mass is 16.7. The largest absolute Gasteiger partial charge is 0.394 e. The first-order valence-electron chi connectivity index (χ1n) is 19.7. The first kappa shape index (κ1) is 44.2. The predicted molar refractivity (Wildman–Crippen MR) is 189 cm³/mol. The maximum Gasteiger partial charge on any atom is 0.220 e. The van der Waals surface area contributed by atoms with Crippen LogP contribution in [-0.4, -0.2) is 87.5 Å². The number of ether oxygens (including phenoxy) is 2. The Morgan fingerprint density at radius 2 is 1.06 bits per heavy atom. The second-order valence-corrected chi connectivity index (χ2v) is 14.1. The van der Waals surface area contributed by atoms with E-state index in [2.05, 4.69) is 19.2 Å². The summed E-state index contributed by atoms with van der Waals surface area (Å²) in [5, 5.41) is 53.6. The molecule has 47 heavy (non-hydrogen) atoms. The van der Waals surface area contributed by atoms with Crippen molar-refractivity contribution in [2.45, 2.75) is 224 Å². The van der Waals surface area contributed by atoms with E-state index in [0.29, 0.717) is 12.8 Å². The minimum Gasteiger partial charge on any atom is -0.394 e. The van der Waals surface area contributed by atoms with Gasteiger partial charge in [0.05, 0.1) is 25.4 Å². The fourth-order valence-electron chi connectivity index (χ4n) is 6.45. The van der Waals surface area contributed by atoms with Crippen LogP contribution >= 0.6 is 0 Å². The molecule has 280 valence electrons. The van der Waals surface area contributed by atoms with Crippen LogP contribution in [-0.2, 0) is 14.3 Å². The molecule has 7 atom stereocenters. The molecule has 0 aromatic rings. The summed E-state index contributed by atoms with van der Waals surface area (Å²) < 4.78 is 11.1. The topological polar surface area (TPSA) is 149 Å². The van der Waals surface area contributed by atoms with Crippen molar-refractivity contribution < 1.29 is 39.8 Å². The highest BCUT2D eigenvalue weighted by molar-refractivity contribution is 5.76. The maximum absolute atomic E-state index is 12.8. The van der Waals surface area contributed by atoms with Crippen molar-refractivity contribution in [1.82, 2.24) is 5.32 Å². The Kier molecular flexibility index (Phi) is 28.3. The van der Waals surface area contributed by atoms with Crippen molar-refractivity contribution in [3.63, 3.8) is 0 Å². The number of carbonyl (C=O) groups excluding carboxylic acids is 1. The molecule has 0 saturated carbocycles. The normalized spacial score (nSPS) is 22.7. The number of nitrogens with one attached hydrogen (secondary N) is 1. The van der Waals surface area contributed by atoms with E-state index in [4.69, 9.17) is 9.47 Å². The molecule has 0 spiro atoms. The standard InChI is InChI=1S/C38H75NO8/c1-3-5-7-9-10-11-12-13-14-15-16-17-18-19-20-21-22-23-24-26-28-34(42)39-31(32(41)27-25-8-6-4-2)30-46-38-37(45)36(44)35(43)33(29-40)47-38/h31-33,35-38,40-41,43-45H,3-30H2,1-2H3,(H,39,42). The van der Waals surface area contributed by atoms with Gasteiger partial charge in [-0.3, -0.25) is 4.79 Å². The molecule has 0 bridgehead atoms. The van der Waals surface area contributed by atoms with Gasteiger partial charge in [-0.1, -0.05) is 162 Å². The lowest BCUT2D eigenvalue weighted by molar-refractivity contribution is -0.302. The summed E-state index contributed by atoms with van der Waals surface area (Å²) in [7, 11) is 0. The molecule has 1 heterocycles. The van der Waals surface area contributed by atoms with Crippen LogP contribution < -0.4 is 5.32 Å². The first-order valence-corrected chi connectivity index (χ1v) is 19.7. The zero-order valence-corrected chi connectivity index (χ0v) is 30.3. The molecule has 9 nitrogen and oxygen atoms in total. The van der Waals surface area contributed by atoms with Crippen LogP contribution in [0.5, 0.6) is 0 Å². The van der Waals surface area contributed by atoms with Crippen LogP contribution in [0, 0.1) is 0 Å². The summed E-state index contributed by atoms with van der Waals surface area (Å²) in [6.07, 6.45) is 23.2. The van der Waals surface area contributed by atoms with Gasteiger partial charge in [0.15, 0.2) is 6.29 Å². The molecule has 1 amide bonds. The predicted octanol–water partition coefficient (Wildman–Crippen LogP) is 6.83. The molecule has 1 aliphatic heterocycles. The van der Waals surface area contributed by atoms with Crippen LogP contribution in [0.2, 0.25) is 0 Å². The molecule has 1 aliphatic rings. The van der Waals surface area contributed by atoms with Gasteiger partial charge in [0, 0.05) is 6.42 Å². The lowest BCUT2D eigenvalue weighted by Crippen LogP contribution is -2.60. The SMILES string of the molecule is CCCCCCCCCCCCCCCCCCCCCCC(=O)NC(COC1OC(CO)C(O)C(O)C1O)C(O)CCCCCC. The van der Waals surface area contributed by atoms with Gasteiger partial charge < -0.3 is 40.3 Å². The van der Waals surface area contributed by atoms with E-state index < -0.39 is 49.5 Å². The monoisotopic (exact) mass is 674 g/mol. The summed E-state index contributed by atoms with van der Waals surface area (Å²) in [4.78, 5) is 12.8. The van der Waals surface area contributed by atoms with Crippen molar-refractivity contribution in [3.05, 3.63) is 0 Å². The van der Waals surface area contributed by atoms with Gasteiger partial charge in [-0.25, -0.2) is 0 Å². The second kappa shape index (κ2) is 30.1. The van der Waals surface area contributed by atoms with Gasteiger partial charge >= 0.3 is 0 Å². The minimum atomic E-state index is -1.54. The molecule has 0 aromatic heterocycles. The molecule has 7 unspecified atom stereocenters. The quantitative estimate of drug-likeness (QED) is 0.0426. The Bertz CT molecular complexity index is 711. The number of aliphatic hydroxyl groups excluding tert-OH is 5. The number of hydrogen-bond acceptors (Lipinski definition) is 8. The van der Waals surface area contributed by atoms with Crippen molar-refractivity contribution in [3.8, 4) is 0 Å². The first-order chi connectivity index (χ1) is 22.8. The van der Waals surface area contributed by atoms with Crippen molar-refractivity contribution in [1.29, 1.82) is 0 Å². The van der Waals surface area contributed by atoms with Crippen molar-refractivity contribution in [2.24, 2.45) is 0 Å². The van der Waals surface area contributed by atoms with E-state index in [1.807, 2.05) is 0 Å². The number of amides is 1. The Balaban J connectivity index is 2.17. The molecule has 1 saturated heterocycles. The number of unbranched alkanes of at least 4 members (excludes halogenated alkanes) is 22. The van der Waals surface area contributed by atoms with E-state index in [-0.39, 0.29) is 12.5 Å². The van der Waals surface area contributed by atoms with E-state index >= 15 is 0 Å². The number of rotatable bonds is 32. The van der Waals surface area contributed by atoms with Gasteiger partial charge in [-0.2, -0.15) is 0 Å². The average molecular weight is 674 g/mol. The molecule has 1 fully saturated rings. The summed E-state index contributed by atoms with van der Waals surface area (Å²) in [6.45, 7) is 3.71. The third-order valence-electron chi connectivity index (χ3n) is 9.71. The molecule has 0 aliphatic carbocycles. The zero-order chi connectivity index (χ0) is 34.5. The third kappa shape index (κ3) is 21.8. The van der Waals surface area contributed by atoms with Crippen LogP contribution in [0.4, 0.5) is 0 Å². The van der Waals surface area contributed by atoms with Crippen LogP contribution in [0.15, 0.2) is 0 Å². The van der Waals surface area contributed by atoms with Crippen molar-refractivity contribution in [2.75, 3.05) is 13.2 Å². The van der Waals surface area contributed by atoms with E-state index in [0.717, 1.165) is 44.9 Å². The number of hydrogen-bond donors (Lipinski definition) is 6. The highest BCUT2D eigenvalue weighted by Gasteiger charge is 2.44. The van der Waals surface area contributed by atoms with Gasteiger partial charge in [0.1, 0.15) is 24.4 Å². The van der Waals surface area contributed by atoms with E-state index in [9.17, 15) is 30.3 Å². The second-order valence-electron chi connectivity index (χ2n) is 14.1. The van der Waals surface area contributed by atoms with Gasteiger partial charge in [0.25, 0.3) is 0 Å². The van der Waals surface area contributed by atoms with Crippen LogP contribution in [0.1, 0.15) is 181 Å². The molecule has 1 rings (SSSR count). The lowest BCUT2D eigenvalue weighted by atomic mass is 9.99. The molecule has 6 N–H and O–H groups in total. The zero-order valence-electron chi connectivity index (χ0n) is 30.3. The Morgan fingerprint density at radius 1 is 0.638 bits per heavy atom. The minimum absolute atomic E-state index is 0.136. The third-order valence-corrected chi connectivity index (χ3v) is 9.71. The summed E-state index contributed by atoms with van der Waals surface area (Å²) >= 11 is 0. The van der Waals surface area contributed by atoms with E-state index in [1.54, 1.807) is 0 Å². The van der Waals surface area contributed by atoms with Gasteiger partial charge in [0.2, 0.25) is 5.91 Å². The van der Waals surface area contributed by atoms with Gasteiger partial charge in [-0.15, -0.1) is 0 Å². The molecular weight excluding hydrogens is 598 g/mol. The fourth-order valence-corrected chi connectivity index (χ4v) is 6.45. The molecule has 0 radical (unpaired) electrons. The summed E-state index contributed by atoms with van der Waals surface area (Å²) in [5.74, 6) is -0.151. The fraction of sp³-hybridized carbons (Fsp3) is 0.974. The Hall–Kier alpha value is -0.810. The van der Waals surface area contributed by atoms with E-state index in [1.165, 1.54) is 109 Å². The maximum atomic E-state index is 12.8. The summed E-state index contributed by atoms with van der Waals surface area (Å²) in [5.41, 5.74) is 0. The Labute approximate surface area is 287 Å². The number of carbonyl (C=O) groups is 1. The van der Waals surface area contributed by atoms with Gasteiger partial charge in [-0.05, 0) is 12.8 Å². The summed E-state index contributed by atoms with van der Waals surface area (Å²) in [6, 6.07) is -0.707. The highest BCUT2D eigenvalue weighted by Crippen LogP contribution is 2.23. The Morgan fingerprint density at radius 3 is 1.51 bits per heavy atom. The number of aliphatic hydroxyl groups is 5. The molecule has 9 heteroatoms. The van der Waals surface area contributed by atoms with Crippen LogP contribution in [0.3, 0.4) is 0 Å². The molecule has 0 aromatic carbocycles. The average Bonchev–Trinajstić information content (AvgIpc) is 3.07. The van der Waals surface area contributed by atoms with Crippen molar-refractivity contribution >= 4 is 5.91 Å².